The molecule has 1 aromatic carbocycles. The van der Waals surface area contributed by atoms with Gasteiger partial charge in [0.25, 0.3) is 0 Å². The Morgan fingerprint density at radius 3 is 2.63 bits per heavy atom. The largest absolute Gasteiger partial charge is 0.348 e. The van der Waals surface area contributed by atoms with Gasteiger partial charge in [0.2, 0.25) is 5.95 Å². The highest BCUT2D eigenvalue weighted by Gasteiger charge is 2.30. The second-order valence-electron chi connectivity index (χ2n) is 7.93. The number of imidazole rings is 1. The van der Waals surface area contributed by atoms with Crippen LogP contribution in [0, 0.1) is 0 Å². The number of benzene rings is 1. The highest BCUT2D eigenvalue weighted by Crippen LogP contribution is 2.34. The van der Waals surface area contributed by atoms with E-state index in [2.05, 4.69) is 47.6 Å². The van der Waals surface area contributed by atoms with Crippen molar-refractivity contribution in [1.29, 1.82) is 0 Å². The van der Waals surface area contributed by atoms with Gasteiger partial charge in [-0.2, -0.15) is 0 Å². The summed E-state index contributed by atoms with van der Waals surface area (Å²) in [4.78, 5) is 21.0. The molecule has 146 valence electrons. The van der Waals surface area contributed by atoms with Crippen LogP contribution in [0.1, 0.15) is 37.4 Å². The first-order valence-corrected chi connectivity index (χ1v) is 9.67. The summed E-state index contributed by atoms with van der Waals surface area (Å²) >= 11 is 0. The molecule has 1 aliphatic rings. The van der Waals surface area contributed by atoms with E-state index in [9.17, 15) is 4.79 Å². The fourth-order valence-electron chi connectivity index (χ4n) is 3.90. The monoisotopic (exact) mass is 369 g/mol. The number of amides is 2. The van der Waals surface area contributed by atoms with Crippen LogP contribution in [0.3, 0.4) is 0 Å². The zero-order chi connectivity index (χ0) is 19.4. The second-order valence-corrected chi connectivity index (χ2v) is 7.93. The number of nitrogens with one attached hydrogen (secondary N) is 1. The number of rotatable bonds is 4. The molecule has 0 radical (unpaired) electrons. The predicted molar refractivity (Wildman–Crippen MR) is 109 cm³/mol. The van der Waals surface area contributed by atoms with Crippen LogP contribution in [0.5, 0.6) is 0 Å². The molecule has 1 saturated heterocycles. The van der Waals surface area contributed by atoms with Crippen molar-refractivity contribution in [3.05, 3.63) is 47.8 Å². The van der Waals surface area contributed by atoms with Crippen molar-refractivity contribution in [1.82, 2.24) is 19.8 Å². The van der Waals surface area contributed by atoms with E-state index < -0.39 is 0 Å². The lowest BCUT2D eigenvalue weighted by Crippen LogP contribution is -2.40. The SMILES string of the molecule is CN(C)c1ncc(CNC(=O)N2CCCC(C)(c3ccccc3)CC2)n1C. The molecule has 3 rings (SSSR count). The Hall–Kier alpha value is -2.50. The molecule has 2 aromatic rings. The van der Waals surface area contributed by atoms with Gasteiger partial charge in [-0.05, 0) is 30.2 Å². The van der Waals surface area contributed by atoms with E-state index in [4.69, 9.17) is 0 Å². The van der Waals surface area contributed by atoms with Crippen molar-refractivity contribution >= 4 is 12.0 Å². The molecule has 1 fully saturated rings. The third-order valence-electron chi connectivity index (χ3n) is 5.73. The molecule has 6 nitrogen and oxygen atoms in total. The number of likely N-dealkylation sites (tertiary alicyclic amines) is 1. The molecule has 0 saturated carbocycles. The molecule has 2 amide bonds. The van der Waals surface area contributed by atoms with Crippen molar-refractivity contribution in [2.75, 3.05) is 32.1 Å². The van der Waals surface area contributed by atoms with Crippen LogP contribution in [0.15, 0.2) is 36.5 Å². The predicted octanol–water partition coefficient (Wildman–Crippen LogP) is 3.14. The highest BCUT2D eigenvalue weighted by atomic mass is 16.2. The van der Waals surface area contributed by atoms with E-state index in [-0.39, 0.29) is 11.4 Å². The zero-order valence-corrected chi connectivity index (χ0v) is 16.9. The van der Waals surface area contributed by atoms with Gasteiger partial charge in [0.1, 0.15) is 0 Å². The number of urea groups is 1. The van der Waals surface area contributed by atoms with Gasteiger partial charge in [0.15, 0.2) is 0 Å². The number of hydrogen-bond donors (Lipinski definition) is 1. The van der Waals surface area contributed by atoms with Crippen LogP contribution in [-0.4, -0.2) is 47.7 Å². The Morgan fingerprint density at radius 2 is 1.96 bits per heavy atom. The summed E-state index contributed by atoms with van der Waals surface area (Å²) in [6.07, 6.45) is 4.94. The smallest absolute Gasteiger partial charge is 0.317 e. The van der Waals surface area contributed by atoms with Crippen molar-refractivity contribution < 1.29 is 4.79 Å². The van der Waals surface area contributed by atoms with Crippen molar-refractivity contribution in [3.63, 3.8) is 0 Å². The first kappa shape index (κ1) is 19.3. The van der Waals surface area contributed by atoms with E-state index in [1.54, 1.807) is 0 Å². The number of carbonyl (C=O) groups is 1. The zero-order valence-electron chi connectivity index (χ0n) is 16.9. The summed E-state index contributed by atoms with van der Waals surface area (Å²) < 4.78 is 2.01. The van der Waals surface area contributed by atoms with Crippen molar-refractivity contribution in [2.24, 2.45) is 7.05 Å². The maximum Gasteiger partial charge on any atom is 0.317 e. The molecule has 1 atom stereocenters. The number of anilines is 1. The van der Waals surface area contributed by atoms with E-state index in [1.807, 2.05) is 41.7 Å². The fraction of sp³-hybridized carbons (Fsp3) is 0.524. The molecule has 1 aromatic heterocycles. The van der Waals surface area contributed by atoms with Gasteiger partial charge in [-0.3, -0.25) is 0 Å². The molecule has 1 aliphatic heterocycles. The van der Waals surface area contributed by atoms with Gasteiger partial charge >= 0.3 is 6.03 Å². The molecule has 1 unspecified atom stereocenters. The molecule has 2 heterocycles. The first-order chi connectivity index (χ1) is 12.9. The number of carbonyl (C=O) groups excluding carboxylic acids is 1. The van der Waals surface area contributed by atoms with Gasteiger partial charge < -0.3 is 19.7 Å². The lowest BCUT2D eigenvalue weighted by molar-refractivity contribution is 0.198. The van der Waals surface area contributed by atoms with Gasteiger partial charge in [-0.25, -0.2) is 9.78 Å². The minimum absolute atomic E-state index is 0.0138. The van der Waals surface area contributed by atoms with E-state index in [0.29, 0.717) is 6.54 Å². The third-order valence-corrected chi connectivity index (χ3v) is 5.73. The summed E-state index contributed by atoms with van der Waals surface area (Å²) in [6, 6.07) is 10.7. The molecule has 0 aliphatic carbocycles. The Kier molecular flexibility index (Phi) is 5.73. The Bertz CT molecular complexity index is 770. The highest BCUT2D eigenvalue weighted by molar-refractivity contribution is 5.74. The standard InChI is InChI=1S/C21H31N5O/c1-21(17-9-6-5-7-10-17)11-8-13-26(14-12-21)20(27)23-16-18-15-22-19(24(2)3)25(18)4/h5-7,9-10,15H,8,11-14,16H2,1-4H3,(H,23,27). The first-order valence-electron chi connectivity index (χ1n) is 9.67. The fourth-order valence-corrected chi connectivity index (χ4v) is 3.90. The maximum absolute atomic E-state index is 12.7. The number of aromatic nitrogens is 2. The Morgan fingerprint density at radius 1 is 1.22 bits per heavy atom. The molecule has 0 spiro atoms. The molecule has 0 bridgehead atoms. The topological polar surface area (TPSA) is 53.4 Å². The molecular formula is C21H31N5O. The Labute approximate surface area is 162 Å². The molecule has 6 heteroatoms. The van der Waals surface area contributed by atoms with Crippen LogP contribution in [0.4, 0.5) is 10.7 Å². The second kappa shape index (κ2) is 8.03. The average molecular weight is 370 g/mol. The van der Waals surface area contributed by atoms with Crippen LogP contribution in [0.2, 0.25) is 0 Å². The summed E-state index contributed by atoms with van der Waals surface area (Å²) in [7, 11) is 5.90. The van der Waals surface area contributed by atoms with E-state index in [1.165, 1.54) is 5.56 Å². The van der Waals surface area contributed by atoms with Crippen molar-refractivity contribution in [2.45, 2.75) is 38.1 Å². The molecule has 1 N–H and O–H groups in total. The summed E-state index contributed by atoms with van der Waals surface area (Å²) in [5, 5.41) is 3.06. The van der Waals surface area contributed by atoms with Crippen LogP contribution in [-0.2, 0) is 19.0 Å². The quantitative estimate of drug-likeness (QED) is 0.901. The van der Waals surface area contributed by atoms with Gasteiger partial charge in [0, 0.05) is 34.2 Å². The van der Waals surface area contributed by atoms with Gasteiger partial charge in [0.05, 0.1) is 18.4 Å². The average Bonchev–Trinajstić information content (AvgIpc) is 2.91. The van der Waals surface area contributed by atoms with E-state index >= 15 is 0 Å². The van der Waals surface area contributed by atoms with Crippen LogP contribution < -0.4 is 10.2 Å². The molecule has 27 heavy (non-hydrogen) atoms. The minimum Gasteiger partial charge on any atom is -0.348 e. The summed E-state index contributed by atoms with van der Waals surface area (Å²) in [6.45, 7) is 4.40. The lowest BCUT2D eigenvalue weighted by atomic mass is 9.76. The third kappa shape index (κ3) is 4.26. The number of hydrogen-bond acceptors (Lipinski definition) is 3. The normalized spacial score (nSPS) is 20.2. The van der Waals surface area contributed by atoms with E-state index in [0.717, 1.165) is 44.0 Å². The number of nitrogens with zero attached hydrogens (tertiary/aromatic N) is 4. The van der Waals surface area contributed by atoms with Gasteiger partial charge in [-0.15, -0.1) is 0 Å². The summed E-state index contributed by atoms with van der Waals surface area (Å²) in [5.74, 6) is 0.882. The minimum atomic E-state index is 0.0138. The lowest BCUT2D eigenvalue weighted by Gasteiger charge is -2.29. The Balaban J connectivity index is 1.58. The maximum atomic E-state index is 12.7. The van der Waals surface area contributed by atoms with Gasteiger partial charge in [-0.1, -0.05) is 37.3 Å². The van der Waals surface area contributed by atoms with Crippen molar-refractivity contribution in [3.8, 4) is 0 Å². The molecular weight excluding hydrogens is 338 g/mol. The van der Waals surface area contributed by atoms with Crippen LogP contribution in [0.25, 0.3) is 0 Å². The van der Waals surface area contributed by atoms with Crippen LogP contribution >= 0.6 is 0 Å². The summed E-state index contributed by atoms with van der Waals surface area (Å²) in [5.41, 5.74) is 2.51.